The van der Waals surface area contributed by atoms with Crippen molar-refractivity contribution in [2.24, 2.45) is 0 Å². The molecule has 2 aromatic carbocycles. The van der Waals surface area contributed by atoms with E-state index >= 15 is 0 Å². The van der Waals surface area contributed by atoms with Gasteiger partial charge in [-0.1, -0.05) is 26.8 Å². The Morgan fingerprint density at radius 1 is 1.10 bits per heavy atom. The van der Waals surface area contributed by atoms with E-state index < -0.39 is 17.5 Å². The van der Waals surface area contributed by atoms with Gasteiger partial charge < -0.3 is 15.5 Å². The first kappa shape index (κ1) is 23.5. The minimum absolute atomic E-state index is 0.198. The Hall–Kier alpha value is -2.73. The van der Waals surface area contributed by atoms with Crippen molar-refractivity contribution in [2.75, 3.05) is 36.4 Å². The molecule has 0 atom stereocenters. The van der Waals surface area contributed by atoms with Crippen molar-refractivity contribution in [1.29, 1.82) is 0 Å². The van der Waals surface area contributed by atoms with Gasteiger partial charge >= 0.3 is 0 Å². The molecule has 2 N–H and O–H groups in total. The van der Waals surface area contributed by atoms with Crippen LogP contribution in [-0.4, -0.2) is 32.1 Å². The second kappa shape index (κ2) is 11.5. The summed E-state index contributed by atoms with van der Waals surface area (Å²) in [4.78, 5) is 14.4. The van der Waals surface area contributed by atoms with Crippen molar-refractivity contribution in [3.8, 4) is 0 Å². The molecule has 162 valence electrons. The van der Waals surface area contributed by atoms with Crippen LogP contribution in [0.4, 0.5) is 20.2 Å². The van der Waals surface area contributed by atoms with E-state index in [1.54, 1.807) is 24.3 Å². The normalized spacial score (nSPS) is 14.1. The number of rotatable bonds is 5. The SMILES string of the molecule is C/C=C(\CC)c1ccc(NC(=O)c2ccc(N3CCNCC3)c(F)c2)cc1F.CC. The van der Waals surface area contributed by atoms with Gasteiger partial charge in [0.1, 0.15) is 11.6 Å². The lowest BCUT2D eigenvalue weighted by molar-refractivity contribution is 0.102. The van der Waals surface area contributed by atoms with Gasteiger partial charge in [-0.2, -0.15) is 0 Å². The smallest absolute Gasteiger partial charge is 0.255 e. The summed E-state index contributed by atoms with van der Waals surface area (Å²) in [7, 11) is 0. The Kier molecular flexibility index (Phi) is 8.99. The Labute approximate surface area is 178 Å². The molecule has 0 radical (unpaired) electrons. The van der Waals surface area contributed by atoms with Gasteiger partial charge in [0.2, 0.25) is 0 Å². The van der Waals surface area contributed by atoms with Crippen molar-refractivity contribution >= 4 is 22.9 Å². The van der Waals surface area contributed by atoms with E-state index in [1.807, 2.05) is 38.7 Å². The fourth-order valence-corrected chi connectivity index (χ4v) is 3.42. The fourth-order valence-electron chi connectivity index (χ4n) is 3.42. The quantitative estimate of drug-likeness (QED) is 0.681. The topological polar surface area (TPSA) is 44.4 Å². The highest BCUT2D eigenvalue weighted by Gasteiger charge is 2.17. The van der Waals surface area contributed by atoms with E-state index in [4.69, 9.17) is 0 Å². The average Bonchev–Trinajstić information content (AvgIpc) is 2.78. The Bertz CT molecular complexity index is 890. The molecule has 0 bridgehead atoms. The molecule has 0 saturated carbocycles. The first-order valence-electron chi connectivity index (χ1n) is 10.5. The van der Waals surface area contributed by atoms with Crippen LogP contribution in [0.15, 0.2) is 42.5 Å². The molecule has 6 heteroatoms. The van der Waals surface area contributed by atoms with Crippen molar-refractivity contribution in [2.45, 2.75) is 34.1 Å². The van der Waals surface area contributed by atoms with Crippen LogP contribution < -0.4 is 15.5 Å². The number of nitrogens with one attached hydrogen (secondary N) is 2. The van der Waals surface area contributed by atoms with Crippen LogP contribution in [0.25, 0.3) is 5.57 Å². The molecule has 0 unspecified atom stereocenters. The fraction of sp³-hybridized carbons (Fsp3) is 0.375. The lowest BCUT2D eigenvalue weighted by atomic mass is 10.0. The molecule has 0 aliphatic carbocycles. The van der Waals surface area contributed by atoms with Gasteiger partial charge in [0.15, 0.2) is 0 Å². The molecule has 1 aliphatic rings. The predicted molar refractivity (Wildman–Crippen MR) is 121 cm³/mol. The molecule has 1 aliphatic heterocycles. The Balaban J connectivity index is 0.00000155. The maximum atomic E-state index is 14.5. The highest BCUT2D eigenvalue weighted by Crippen LogP contribution is 2.25. The minimum Gasteiger partial charge on any atom is -0.367 e. The van der Waals surface area contributed by atoms with Gasteiger partial charge in [0.05, 0.1) is 5.69 Å². The van der Waals surface area contributed by atoms with E-state index in [0.717, 1.165) is 38.2 Å². The summed E-state index contributed by atoms with van der Waals surface area (Å²) in [6.07, 6.45) is 2.59. The number of halogens is 2. The van der Waals surface area contributed by atoms with Gasteiger partial charge in [-0.15, -0.1) is 0 Å². The molecular formula is C24H31F2N3O. The number of hydrogen-bond donors (Lipinski definition) is 2. The molecule has 0 aromatic heterocycles. The summed E-state index contributed by atoms with van der Waals surface area (Å²) in [5.74, 6) is -1.30. The van der Waals surface area contributed by atoms with Crippen LogP contribution in [0.1, 0.15) is 50.0 Å². The maximum absolute atomic E-state index is 14.5. The number of carbonyl (C=O) groups is 1. The molecule has 1 fully saturated rings. The minimum atomic E-state index is -0.473. The maximum Gasteiger partial charge on any atom is 0.255 e. The third kappa shape index (κ3) is 5.66. The monoisotopic (exact) mass is 415 g/mol. The van der Waals surface area contributed by atoms with E-state index in [9.17, 15) is 13.6 Å². The summed E-state index contributed by atoms with van der Waals surface area (Å²) in [6, 6.07) is 9.04. The van der Waals surface area contributed by atoms with Crippen LogP contribution in [0.3, 0.4) is 0 Å². The first-order chi connectivity index (χ1) is 14.5. The first-order valence-corrected chi connectivity index (χ1v) is 10.5. The molecule has 1 amide bonds. The van der Waals surface area contributed by atoms with Gasteiger partial charge in [-0.25, -0.2) is 8.78 Å². The zero-order chi connectivity index (χ0) is 22.1. The number of allylic oxidation sites excluding steroid dienone is 2. The van der Waals surface area contributed by atoms with E-state index in [0.29, 0.717) is 16.9 Å². The highest BCUT2D eigenvalue weighted by molar-refractivity contribution is 6.04. The number of anilines is 2. The second-order valence-electron chi connectivity index (χ2n) is 6.72. The molecule has 1 heterocycles. The lowest BCUT2D eigenvalue weighted by Crippen LogP contribution is -2.43. The zero-order valence-corrected chi connectivity index (χ0v) is 18.2. The molecule has 2 aromatic rings. The van der Waals surface area contributed by atoms with Crippen LogP contribution in [0, 0.1) is 11.6 Å². The number of hydrogen-bond acceptors (Lipinski definition) is 3. The second-order valence-corrected chi connectivity index (χ2v) is 6.72. The summed E-state index contributed by atoms with van der Waals surface area (Å²) in [6.45, 7) is 10.9. The number of amides is 1. The highest BCUT2D eigenvalue weighted by atomic mass is 19.1. The van der Waals surface area contributed by atoms with Crippen molar-refractivity contribution in [3.05, 3.63) is 65.2 Å². The average molecular weight is 416 g/mol. The number of carbonyl (C=O) groups excluding carboxylic acids is 1. The number of piperazine rings is 1. The van der Waals surface area contributed by atoms with Crippen molar-refractivity contribution in [1.82, 2.24) is 5.32 Å². The van der Waals surface area contributed by atoms with Crippen molar-refractivity contribution in [3.63, 3.8) is 0 Å². The molecule has 4 nitrogen and oxygen atoms in total. The van der Waals surface area contributed by atoms with Gasteiger partial charge in [-0.3, -0.25) is 4.79 Å². The lowest BCUT2D eigenvalue weighted by Gasteiger charge is -2.29. The summed E-state index contributed by atoms with van der Waals surface area (Å²) in [5, 5.41) is 5.86. The molecule has 0 spiro atoms. The van der Waals surface area contributed by atoms with Gasteiger partial charge in [0.25, 0.3) is 5.91 Å². The number of benzene rings is 2. The molecule has 1 saturated heterocycles. The van der Waals surface area contributed by atoms with E-state index in [2.05, 4.69) is 10.6 Å². The molecule has 3 rings (SSSR count). The van der Waals surface area contributed by atoms with E-state index in [-0.39, 0.29) is 5.56 Å². The van der Waals surface area contributed by atoms with Crippen LogP contribution in [-0.2, 0) is 0 Å². The Morgan fingerprint density at radius 3 is 2.37 bits per heavy atom. The molecular weight excluding hydrogens is 384 g/mol. The van der Waals surface area contributed by atoms with Gasteiger partial charge in [0, 0.05) is 43.0 Å². The standard InChI is InChI=1S/C22H25F2N3O.C2H6/c1-3-15(4-2)18-7-6-17(14-19(18)23)26-22(28)16-5-8-21(20(24)13-16)27-11-9-25-10-12-27;1-2/h3,5-8,13-14,25H,4,9-12H2,1-2H3,(H,26,28);1-2H3/b15-3+;. The zero-order valence-electron chi connectivity index (χ0n) is 18.2. The Morgan fingerprint density at radius 2 is 1.80 bits per heavy atom. The van der Waals surface area contributed by atoms with Crippen LogP contribution in [0.2, 0.25) is 0 Å². The van der Waals surface area contributed by atoms with Crippen LogP contribution in [0.5, 0.6) is 0 Å². The third-order valence-electron chi connectivity index (χ3n) is 4.97. The van der Waals surface area contributed by atoms with Gasteiger partial charge in [-0.05, 0) is 55.3 Å². The summed E-state index contributed by atoms with van der Waals surface area (Å²) < 4.78 is 28.9. The summed E-state index contributed by atoms with van der Waals surface area (Å²) >= 11 is 0. The molecule has 30 heavy (non-hydrogen) atoms. The van der Waals surface area contributed by atoms with Crippen molar-refractivity contribution < 1.29 is 13.6 Å². The summed E-state index contributed by atoms with van der Waals surface area (Å²) in [5.41, 5.74) is 2.45. The van der Waals surface area contributed by atoms with E-state index in [1.165, 1.54) is 12.1 Å². The van der Waals surface area contributed by atoms with Crippen LogP contribution >= 0.6 is 0 Å². The largest absolute Gasteiger partial charge is 0.367 e. The predicted octanol–water partition coefficient (Wildman–Crippen LogP) is 5.47. The third-order valence-corrected chi connectivity index (χ3v) is 4.97. The number of nitrogens with zero attached hydrogens (tertiary/aromatic N) is 1.